The number of carboxylic acids is 1. The molecule has 1 fully saturated rings. The molecule has 1 unspecified atom stereocenters. The van der Waals surface area contributed by atoms with Gasteiger partial charge in [-0.3, -0.25) is 20.0 Å². The van der Waals surface area contributed by atoms with Crippen molar-refractivity contribution in [2.45, 2.75) is 25.2 Å². The van der Waals surface area contributed by atoms with Crippen LogP contribution in [-0.2, 0) is 9.53 Å². The molecule has 0 saturated heterocycles. The Morgan fingerprint density at radius 3 is 2.31 bits per heavy atom. The van der Waals surface area contributed by atoms with Crippen LogP contribution in [0.3, 0.4) is 0 Å². The summed E-state index contributed by atoms with van der Waals surface area (Å²) in [6.45, 7) is 0.211. The molecule has 35 heavy (non-hydrogen) atoms. The van der Waals surface area contributed by atoms with Gasteiger partial charge in [-0.2, -0.15) is 5.10 Å². The van der Waals surface area contributed by atoms with Crippen molar-refractivity contribution in [3.8, 4) is 11.1 Å². The third-order valence-electron chi connectivity index (χ3n) is 6.91. The molecule has 1 saturated carbocycles. The molecule has 0 bridgehead atoms. The van der Waals surface area contributed by atoms with Gasteiger partial charge in [-0.15, -0.1) is 0 Å². The molecule has 4 N–H and O–H groups in total. The van der Waals surface area contributed by atoms with Crippen LogP contribution in [0.4, 0.5) is 10.6 Å². The zero-order valence-corrected chi connectivity index (χ0v) is 19.0. The van der Waals surface area contributed by atoms with Crippen LogP contribution in [-0.4, -0.2) is 46.4 Å². The Balaban J connectivity index is 1.16. The Labute approximate surface area is 201 Å². The summed E-state index contributed by atoms with van der Waals surface area (Å²) < 4.78 is 5.49. The van der Waals surface area contributed by atoms with Crippen molar-refractivity contribution in [3.63, 3.8) is 0 Å². The topological polar surface area (TPSA) is 133 Å². The Morgan fingerprint density at radius 1 is 1.06 bits per heavy atom. The third-order valence-corrected chi connectivity index (χ3v) is 6.91. The molecule has 5 rings (SSSR count). The number of aromatic nitrogens is 2. The van der Waals surface area contributed by atoms with Crippen molar-refractivity contribution in [2.75, 3.05) is 18.5 Å². The van der Waals surface area contributed by atoms with Gasteiger partial charge in [-0.1, -0.05) is 55.0 Å². The van der Waals surface area contributed by atoms with Crippen LogP contribution < -0.4 is 10.6 Å². The Morgan fingerprint density at radius 2 is 1.71 bits per heavy atom. The molecule has 0 aliphatic heterocycles. The Kier molecular flexibility index (Phi) is 6.22. The number of aliphatic carboxylic acids is 1. The number of ether oxygens (including phenoxy) is 1. The molecule has 1 aromatic heterocycles. The van der Waals surface area contributed by atoms with Crippen molar-refractivity contribution in [1.82, 2.24) is 15.5 Å². The first-order chi connectivity index (χ1) is 17.0. The lowest BCUT2D eigenvalue weighted by molar-refractivity contribution is -0.144. The lowest BCUT2D eigenvalue weighted by atomic mass is 9.76. The molecule has 1 atom stereocenters. The molecule has 0 spiro atoms. The molecule has 9 nitrogen and oxygen atoms in total. The second-order valence-electron chi connectivity index (χ2n) is 8.96. The summed E-state index contributed by atoms with van der Waals surface area (Å²) >= 11 is 0. The number of fused-ring (bicyclic) bond motifs is 3. The first-order valence-corrected chi connectivity index (χ1v) is 11.7. The lowest BCUT2D eigenvalue weighted by Crippen LogP contribution is -2.39. The van der Waals surface area contributed by atoms with E-state index in [4.69, 9.17) is 4.74 Å². The highest BCUT2D eigenvalue weighted by Gasteiger charge is 2.33. The number of nitrogens with zero attached hydrogens (tertiary/aromatic N) is 1. The van der Waals surface area contributed by atoms with Crippen LogP contribution in [0.5, 0.6) is 0 Å². The minimum atomic E-state index is -0.905. The van der Waals surface area contributed by atoms with Crippen LogP contribution in [0.25, 0.3) is 11.1 Å². The summed E-state index contributed by atoms with van der Waals surface area (Å²) in [5.74, 6) is -1.82. The number of hydrogen-bond acceptors (Lipinski definition) is 5. The van der Waals surface area contributed by atoms with Crippen molar-refractivity contribution in [2.24, 2.45) is 11.8 Å². The maximum atomic E-state index is 12.4. The van der Waals surface area contributed by atoms with E-state index in [1.807, 2.05) is 36.4 Å². The van der Waals surface area contributed by atoms with Crippen LogP contribution in [0, 0.1) is 11.8 Å². The quantitative estimate of drug-likeness (QED) is 0.390. The minimum absolute atomic E-state index is 0.0486. The monoisotopic (exact) mass is 474 g/mol. The van der Waals surface area contributed by atoms with E-state index in [1.54, 1.807) is 0 Å². The van der Waals surface area contributed by atoms with Crippen LogP contribution in [0.15, 0.2) is 54.6 Å². The predicted octanol–water partition coefficient (Wildman–Crippen LogP) is 4.00. The zero-order chi connectivity index (χ0) is 24.4. The molecule has 2 aliphatic carbocycles. The number of aromatic amines is 1. The first kappa shape index (κ1) is 22.6. The first-order valence-electron chi connectivity index (χ1n) is 11.7. The Bertz CT molecular complexity index is 1220. The molecule has 1 heterocycles. The summed E-state index contributed by atoms with van der Waals surface area (Å²) in [5.41, 5.74) is 4.63. The standard InChI is InChI=1S/C26H26N4O5/c31-24(27-13-20(25(32)33)15-6-5-7-15)22-12-23(30-29-22)28-26(34)35-14-21-18-10-3-1-8-16(18)17-9-2-4-11-19(17)21/h1-4,8-12,15,20-21H,5-7,13-14H2,(H,27,31)(H,32,33)(H2,28,29,30,34). The molecule has 9 heteroatoms. The number of rotatable bonds is 8. The Hall–Kier alpha value is -4.14. The summed E-state index contributed by atoms with van der Waals surface area (Å²) in [6, 6.07) is 17.5. The van der Waals surface area contributed by atoms with Crippen LogP contribution in [0.2, 0.25) is 0 Å². The highest BCUT2D eigenvalue weighted by molar-refractivity contribution is 5.94. The van der Waals surface area contributed by atoms with E-state index in [0.717, 1.165) is 41.5 Å². The van der Waals surface area contributed by atoms with Crippen molar-refractivity contribution < 1.29 is 24.2 Å². The second kappa shape index (κ2) is 9.61. The third kappa shape index (κ3) is 4.62. The maximum absolute atomic E-state index is 12.4. The van der Waals surface area contributed by atoms with Gasteiger partial charge in [-0.05, 0) is 41.0 Å². The van der Waals surface area contributed by atoms with Crippen LogP contribution >= 0.6 is 0 Å². The fourth-order valence-electron chi connectivity index (χ4n) is 4.84. The number of anilines is 1. The van der Waals surface area contributed by atoms with Gasteiger partial charge in [0.25, 0.3) is 5.91 Å². The van der Waals surface area contributed by atoms with E-state index in [9.17, 15) is 19.5 Å². The van der Waals surface area contributed by atoms with E-state index in [-0.39, 0.29) is 36.5 Å². The van der Waals surface area contributed by atoms with Gasteiger partial charge in [0.15, 0.2) is 5.82 Å². The number of carbonyl (C=O) groups is 3. The SMILES string of the molecule is O=C(Nc1cc(C(=O)NCC(C(=O)O)C2CCC2)[nH]n1)OCC1c2ccccc2-c2ccccc21. The fraction of sp³-hybridized carbons (Fsp3) is 0.308. The van der Waals surface area contributed by atoms with E-state index in [0.29, 0.717) is 0 Å². The molecule has 3 aromatic rings. The number of H-pyrrole nitrogens is 1. The average molecular weight is 475 g/mol. The number of amides is 2. The van der Waals surface area contributed by atoms with Gasteiger partial charge in [0.05, 0.1) is 5.92 Å². The van der Waals surface area contributed by atoms with Crippen LogP contribution in [0.1, 0.15) is 46.8 Å². The number of benzene rings is 2. The van der Waals surface area contributed by atoms with Crippen molar-refractivity contribution in [3.05, 3.63) is 71.4 Å². The highest BCUT2D eigenvalue weighted by Crippen LogP contribution is 2.44. The molecule has 2 amide bonds. The van der Waals surface area contributed by atoms with Crippen molar-refractivity contribution >= 4 is 23.8 Å². The average Bonchev–Trinajstić information content (AvgIpc) is 3.41. The summed E-state index contributed by atoms with van der Waals surface area (Å²) in [4.78, 5) is 36.3. The van der Waals surface area contributed by atoms with E-state index < -0.39 is 23.9 Å². The van der Waals surface area contributed by atoms with Crippen molar-refractivity contribution in [1.29, 1.82) is 0 Å². The normalized spacial score (nSPS) is 15.4. The van der Waals surface area contributed by atoms with Gasteiger partial charge in [0.1, 0.15) is 12.3 Å². The molecule has 2 aliphatic rings. The maximum Gasteiger partial charge on any atom is 0.412 e. The van der Waals surface area contributed by atoms with E-state index in [2.05, 4.69) is 33.0 Å². The number of hydrogen-bond donors (Lipinski definition) is 4. The van der Waals surface area contributed by atoms with E-state index >= 15 is 0 Å². The van der Waals surface area contributed by atoms with Gasteiger partial charge >= 0.3 is 12.1 Å². The van der Waals surface area contributed by atoms with E-state index in [1.165, 1.54) is 6.07 Å². The van der Waals surface area contributed by atoms with Gasteiger partial charge in [-0.25, -0.2) is 4.79 Å². The molecule has 0 radical (unpaired) electrons. The summed E-state index contributed by atoms with van der Waals surface area (Å²) in [7, 11) is 0. The van der Waals surface area contributed by atoms with Gasteiger partial charge in [0.2, 0.25) is 0 Å². The highest BCUT2D eigenvalue weighted by atomic mass is 16.5. The fourth-order valence-corrected chi connectivity index (χ4v) is 4.84. The molecule has 2 aromatic carbocycles. The predicted molar refractivity (Wildman–Crippen MR) is 128 cm³/mol. The second-order valence-corrected chi connectivity index (χ2v) is 8.96. The smallest absolute Gasteiger partial charge is 0.412 e. The molecular weight excluding hydrogens is 448 g/mol. The zero-order valence-electron chi connectivity index (χ0n) is 19.0. The molecule has 180 valence electrons. The number of nitrogens with one attached hydrogen (secondary N) is 3. The number of carbonyl (C=O) groups excluding carboxylic acids is 2. The number of carboxylic acid groups (broad SMARTS) is 1. The van der Waals surface area contributed by atoms with Gasteiger partial charge < -0.3 is 15.2 Å². The molecular formula is C26H26N4O5. The largest absolute Gasteiger partial charge is 0.481 e. The minimum Gasteiger partial charge on any atom is -0.481 e. The summed E-state index contributed by atoms with van der Waals surface area (Å²) in [6.07, 6.45) is 2.07. The lowest BCUT2D eigenvalue weighted by Gasteiger charge is -2.31. The van der Waals surface area contributed by atoms with Gasteiger partial charge in [0, 0.05) is 18.5 Å². The summed E-state index contributed by atoms with van der Waals surface area (Å²) in [5, 5.41) is 21.1.